The Morgan fingerprint density at radius 2 is 2.04 bits per heavy atom. The number of amides is 1. The Morgan fingerprint density at radius 3 is 2.70 bits per heavy atom. The van der Waals surface area contributed by atoms with Gasteiger partial charge in [0.05, 0.1) is 12.2 Å². The summed E-state index contributed by atoms with van der Waals surface area (Å²) in [6, 6.07) is 7.41. The van der Waals surface area contributed by atoms with Crippen molar-refractivity contribution in [3.63, 3.8) is 0 Å². The van der Waals surface area contributed by atoms with Gasteiger partial charge in [-0.15, -0.1) is 0 Å². The van der Waals surface area contributed by atoms with Gasteiger partial charge in [-0.05, 0) is 31.2 Å². The molecule has 4 nitrogen and oxygen atoms in total. The highest BCUT2D eigenvalue weighted by Gasteiger charge is 2.30. The topological polar surface area (TPSA) is 51.5 Å². The molecule has 1 atom stereocenters. The van der Waals surface area contributed by atoms with Gasteiger partial charge in [-0.2, -0.15) is 13.2 Å². The molecule has 0 saturated carbocycles. The van der Waals surface area contributed by atoms with Crippen LogP contribution in [-0.2, 0) is 10.9 Å². The van der Waals surface area contributed by atoms with E-state index in [1.165, 1.54) is 31.4 Å². The number of hydrogen-bond acceptors (Lipinski definition) is 3. The minimum atomic E-state index is -4.43. The number of benzene rings is 1. The molecule has 0 spiro atoms. The van der Waals surface area contributed by atoms with Crippen molar-refractivity contribution in [2.24, 2.45) is 0 Å². The summed E-state index contributed by atoms with van der Waals surface area (Å²) in [5.41, 5.74) is -0.519. The maximum atomic E-state index is 12.7. The number of furan rings is 1. The van der Waals surface area contributed by atoms with Gasteiger partial charge in [-0.25, -0.2) is 0 Å². The number of methoxy groups -OCH3 is 1. The van der Waals surface area contributed by atoms with Gasteiger partial charge in [0, 0.05) is 18.7 Å². The molecule has 1 N–H and O–H groups in total. The van der Waals surface area contributed by atoms with Crippen molar-refractivity contribution in [3.8, 4) is 11.3 Å². The first-order valence-electron chi connectivity index (χ1n) is 6.88. The summed E-state index contributed by atoms with van der Waals surface area (Å²) in [6.45, 7) is 2.10. The summed E-state index contributed by atoms with van der Waals surface area (Å²) in [6.07, 6.45) is -4.43. The average molecular weight is 327 g/mol. The van der Waals surface area contributed by atoms with Gasteiger partial charge in [0.1, 0.15) is 5.76 Å². The Hall–Kier alpha value is -2.28. The lowest BCUT2D eigenvalue weighted by atomic mass is 10.1. The van der Waals surface area contributed by atoms with Crippen LogP contribution in [0, 0.1) is 0 Å². The fourth-order valence-corrected chi connectivity index (χ4v) is 2.05. The number of halogens is 3. The van der Waals surface area contributed by atoms with E-state index < -0.39 is 17.6 Å². The van der Waals surface area contributed by atoms with E-state index in [9.17, 15) is 18.0 Å². The first-order valence-corrected chi connectivity index (χ1v) is 6.88. The van der Waals surface area contributed by atoms with Crippen LogP contribution < -0.4 is 5.32 Å². The van der Waals surface area contributed by atoms with E-state index in [-0.39, 0.29) is 23.1 Å². The fourth-order valence-electron chi connectivity index (χ4n) is 2.05. The molecule has 0 aliphatic heterocycles. The van der Waals surface area contributed by atoms with Gasteiger partial charge in [0.25, 0.3) is 5.91 Å². The first-order chi connectivity index (χ1) is 10.8. The molecule has 23 heavy (non-hydrogen) atoms. The predicted molar refractivity (Wildman–Crippen MR) is 78.0 cm³/mol. The fraction of sp³-hybridized carbons (Fsp3) is 0.312. The zero-order valence-electron chi connectivity index (χ0n) is 12.6. The zero-order chi connectivity index (χ0) is 17.0. The number of ether oxygens (including phenoxy) is 1. The second kappa shape index (κ2) is 6.87. The maximum Gasteiger partial charge on any atom is 0.416 e. The molecular weight excluding hydrogens is 311 g/mol. The molecule has 0 bridgehead atoms. The average Bonchev–Trinajstić information content (AvgIpc) is 2.96. The lowest BCUT2D eigenvalue weighted by Gasteiger charge is -2.11. The molecule has 0 saturated heterocycles. The van der Waals surface area contributed by atoms with Crippen molar-refractivity contribution in [1.29, 1.82) is 0 Å². The van der Waals surface area contributed by atoms with E-state index in [1.54, 1.807) is 6.92 Å². The quantitative estimate of drug-likeness (QED) is 0.910. The molecule has 124 valence electrons. The maximum absolute atomic E-state index is 12.7. The van der Waals surface area contributed by atoms with Crippen molar-refractivity contribution >= 4 is 5.91 Å². The van der Waals surface area contributed by atoms with E-state index >= 15 is 0 Å². The van der Waals surface area contributed by atoms with Crippen LogP contribution in [0.25, 0.3) is 11.3 Å². The number of carbonyl (C=O) groups excluding carboxylic acids is 1. The predicted octanol–water partition coefficient (Wildman–Crippen LogP) is 3.73. The van der Waals surface area contributed by atoms with E-state index in [4.69, 9.17) is 9.15 Å². The third-order valence-electron chi connectivity index (χ3n) is 3.10. The van der Waals surface area contributed by atoms with Gasteiger partial charge in [0.2, 0.25) is 0 Å². The Balaban J connectivity index is 2.18. The minimum absolute atomic E-state index is 0.0281. The molecule has 0 fully saturated rings. The smallest absolute Gasteiger partial charge is 0.416 e. The van der Waals surface area contributed by atoms with Gasteiger partial charge in [0.15, 0.2) is 5.76 Å². The second-order valence-corrected chi connectivity index (χ2v) is 5.07. The van der Waals surface area contributed by atoms with Crippen molar-refractivity contribution in [1.82, 2.24) is 5.32 Å². The van der Waals surface area contributed by atoms with Crippen molar-refractivity contribution in [2.45, 2.75) is 19.1 Å². The molecular formula is C16H16F3NO3. The van der Waals surface area contributed by atoms with Crippen LogP contribution in [0.15, 0.2) is 40.8 Å². The van der Waals surface area contributed by atoms with E-state index in [2.05, 4.69) is 5.32 Å². The molecule has 0 aliphatic rings. The lowest BCUT2D eigenvalue weighted by molar-refractivity contribution is -0.137. The van der Waals surface area contributed by atoms with E-state index in [0.717, 1.165) is 12.1 Å². The number of rotatable bonds is 5. The SMILES string of the molecule is COCC(C)NC(=O)c1ccc(-c2cccc(C(F)(F)F)c2)o1. The molecule has 0 aliphatic carbocycles. The van der Waals surface area contributed by atoms with Crippen LogP contribution in [0.3, 0.4) is 0 Å². The molecule has 2 aromatic rings. The summed E-state index contributed by atoms with van der Waals surface area (Å²) in [5.74, 6) is -0.228. The summed E-state index contributed by atoms with van der Waals surface area (Å²) in [7, 11) is 1.52. The third kappa shape index (κ3) is 4.35. The molecule has 1 unspecified atom stereocenters. The normalized spacial score (nSPS) is 12.9. The second-order valence-electron chi connectivity index (χ2n) is 5.07. The third-order valence-corrected chi connectivity index (χ3v) is 3.10. The number of carbonyl (C=O) groups is 1. The van der Waals surface area contributed by atoms with Crippen LogP contribution in [-0.4, -0.2) is 25.7 Å². The minimum Gasteiger partial charge on any atom is -0.451 e. The molecule has 2 rings (SSSR count). The van der Waals surface area contributed by atoms with Crippen LogP contribution in [0.2, 0.25) is 0 Å². The Kier molecular flexibility index (Phi) is 5.10. The summed E-state index contributed by atoms with van der Waals surface area (Å²) in [4.78, 5) is 12.0. The Morgan fingerprint density at radius 1 is 1.30 bits per heavy atom. The van der Waals surface area contributed by atoms with Crippen LogP contribution in [0.1, 0.15) is 23.0 Å². The summed E-state index contributed by atoms with van der Waals surface area (Å²) < 4.78 is 48.4. The van der Waals surface area contributed by atoms with Crippen molar-refractivity contribution in [2.75, 3.05) is 13.7 Å². The summed E-state index contributed by atoms with van der Waals surface area (Å²) in [5, 5.41) is 2.66. The molecule has 1 amide bonds. The molecule has 1 aromatic heterocycles. The number of nitrogens with one attached hydrogen (secondary N) is 1. The number of hydrogen-bond donors (Lipinski definition) is 1. The molecule has 1 heterocycles. The van der Waals surface area contributed by atoms with Crippen molar-refractivity contribution < 1.29 is 27.1 Å². The lowest BCUT2D eigenvalue weighted by Crippen LogP contribution is -2.35. The largest absolute Gasteiger partial charge is 0.451 e. The molecule has 7 heteroatoms. The Bertz CT molecular complexity index is 679. The Labute approximate surface area is 131 Å². The van der Waals surface area contributed by atoms with Crippen LogP contribution >= 0.6 is 0 Å². The monoisotopic (exact) mass is 327 g/mol. The highest BCUT2D eigenvalue weighted by Crippen LogP contribution is 2.32. The summed E-state index contributed by atoms with van der Waals surface area (Å²) >= 11 is 0. The van der Waals surface area contributed by atoms with Gasteiger partial charge >= 0.3 is 6.18 Å². The highest BCUT2D eigenvalue weighted by molar-refractivity contribution is 5.92. The molecule has 0 radical (unpaired) electrons. The first kappa shape index (κ1) is 17.1. The van der Waals surface area contributed by atoms with Crippen LogP contribution in [0.5, 0.6) is 0 Å². The number of alkyl halides is 3. The standard InChI is InChI=1S/C16H16F3NO3/c1-10(9-22-2)20-15(21)14-7-6-13(23-14)11-4-3-5-12(8-11)16(17,18)19/h3-8,10H,9H2,1-2H3,(H,20,21). The van der Waals surface area contributed by atoms with Gasteiger partial charge in [-0.1, -0.05) is 12.1 Å². The van der Waals surface area contributed by atoms with Gasteiger partial charge < -0.3 is 14.5 Å². The zero-order valence-corrected chi connectivity index (χ0v) is 12.6. The highest BCUT2D eigenvalue weighted by atomic mass is 19.4. The van der Waals surface area contributed by atoms with Crippen LogP contribution in [0.4, 0.5) is 13.2 Å². The van der Waals surface area contributed by atoms with E-state index in [1.807, 2.05) is 0 Å². The molecule has 1 aromatic carbocycles. The van der Waals surface area contributed by atoms with E-state index in [0.29, 0.717) is 6.61 Å². The van der Waals surface area contributed by atoms with Crippen molar-refractivity contribution in [3.05, 3.63) is 47.7 Å². The van der Waals surface area contributed by atoms with Gasteiger partial charge in [-0.3, -0.25) is 4.79 Å².